The minimum atomic E-state index is 0.133. The third-order valence-electron chi connectivity index (χ3n) is 4.28. The van der Waals surface area contributed by atoms with Crippen LogP contribution in [0.5, 0.6) is 0 Å². The van der Waals surface area contributed by atoms with Gasteiger partial charge in [0.15, 0.2) is 0 Å². The van der Waals surface area contributed by atoms with Crippen LogP contribution in [0.1, 0.15) is 11.6 Å². The highest BCUT2D eigenvalue weighted by Crippen LogP contribution is 2.37. The number of benzene rings is 3. The van der Waals surface area contributed by atoms with Gasteiger partial charge in [0.1, 0.15) is 0 Å². The maximum atomic E-state index is 6.20. The van der Waals surface area contributed by atoms with Crippen molar-refractivity contribution in [2.24, 2.45) is 0 Å². The Morgan fingerprint density at radius 2 is 1.72 bits per heavy atom. The second kappa shape index (κ2) is 6.95. The van der Waals surface area contributed by atoms with E-state index in [1.54, 1.807) is 0 Å². The lowest BCUT2D eigenvalue weighted by molar-refractivity contribution is 0.719. The Morgan fingerprint density at radius 3 is 2.52 bits per heavy atom. The Balaban J connectivity index is 1.76. The van der Waals surface area contributed by atoms with E-state index >= 15 is 0 Å². The summed E-state index contributed by atoms with van der Waals surface area (Å²) in [6, 6.07) is 24.9. The summed E-state index contributed by atoms with van der Waals surface area (Å²) >= 11 is 9.70. The molecule has 0 saturated carbocycles. The smallest absolute Gasteiger partial charge is 0.0952 e. The fourth-order valence-electron chi connectivity index (χ4n) is 3.10. The Morgan fingerprint density at radius 1 is 0.920 bits per heavy atom. The number of hydrazine groups is 1. The van der Waals surface area contributed by atoms with Crippen LogP contribution in [0.3, 0.4) is 0 Å². The summed E-state index contributed by atoms with van der Waals surface area (Å²) < 4.78 is 1.08. The highest BCUT2D eigenvalue weighted by Gasteiger charge is 2.24. The van der Waals surface area contributed by atoms with Gasteiger partial charge in [-0.15, -0.1) is 0 Å². The van der Waals surface area contributed by atoms with Crippen LogP contribution in [0, 0.1) is 0 Å². The van der Waals surface area contributed by atoms with Crippen LogP contribution in [0.2, 0.25) is 5.02 Å². The molecule has 1 aliphatic heterocycles. The van der Waals surface area contributed by atoms with Gasteiger partial charge in [0, 0.05) is 21.3 Å². The third-order valence-corrected chi connectivity index (χ3v) is 5.04. The molecule has 1 heterocycles. The molecule has 1 N–H and O–H groups in total. The quantitative estimate of drug-likeness (QED) is 0.540. The van der Waals surface area contributed by atoms with E-state index in [1.165, 1.54) is 5.56 Å². The number of para-hydroxylation sites is 1. The van der Waals surface area contributed by atoms with Crippen LogP contribution in [0.4, 0.5) is 5.69 Å². The van der Waals surface area contributed by atoms with E-state index in [-0.39, 0.29) is 6.04 Å². The molecule has 0 amide bonds. The van der Waals surface area contributed by atoms with Crippen molar-refractivity contribution in [3.63, 3.8) is 0 Å². The first kappa shape index (κ1) is 16.2. The summed E-state index contributed by atoms with van der Waals surface area (Å²) in [7, 11) is 0. The molecule has 4 rings (SSSR count). The maximum absolute atomic E-state index is 6.20. The van der Waals surface area contributed by atoms with Gasteiger partial charge in [-0.25, -0.2) is 0 Å². The minimum absolute atomic E-state index is 0.133. The molecule has 0 spiro atoms. The molecular weight excluding hydrogens is 396 g/mol. The molecular formula is C21H16BrClN2. The Kier molecular flexibility index (Phi) is 4.51. The third kappa shape index (κ3) is 3.30. The summed E-state index contributed by atoms with van der Waals surface area (Å²) in [4.78, 5) is 0. The second-order valence-electron chi connectivity index (χ2n) is 5.88. The lowest BCUT2D eigenvalue weighted by Crippen LogP contribution is -2.32. The molecule has 25 heavy (non-hydrogen) atoms. The number of hydrogen-bond donors (Lipinski definition) is 1. The normalized spacial score (nSPS) is 16.1. The van der Waals surface area contributed by atoms with Crippen molar-refractivity contribution in [2.75, 3.05) is 5.01 Å². The standard InChI is InChI=1S/C21H16BrClN2/c22-17-10-8-15(9-11-17)20-12-13-24-25(20)21-7-2-1-6-19(21)16-4-3-5-18(23)14-16/h1-14,20,24H. The predicted octanol–water partition coefficient (Wildman–Crippen LogP) is 6.35. The Labute approximate surface area is 160 Å². The van der Waals surface area contributed by atoms with E-state index in [4.69, 9.17) is 11.6 Å². The first-order valence-electron chi connectivity index (χ1n) is 8.05. The van der Waals surface area contributed by atoms with Gasteiger partial charge in [-0.2, -0.15) is 0 Å². The number of nitrogens with one attached hydrogen (secondary N) is 1. The fourth-order valence-corrected chi connectivity index (χ4v) is 3.56. The predicted molar refractivity (Wildman–Crippen MR) is 109 cm³/mol. The topological polar surface area (TPSA) is 15.3 Å². The van der Waals surface area contributed by atoms with Crippen molar-refractivity contribution in [3.8, 4) is 11.1 Å². The molecule has 0 radical (unpaired) electrons. The fraction of sp³-hybridized carbons (Fsp3) is 0.0476. The molecule has 2 nitrogen and oxygen atoms in total. The molecule has 3 aromatic carbocycles. The van der Waals surface area contributed by atoms with Crippen LogP contribution in [-0.2, 0) is 0 Å². The largest absolute Gasteiger partial charge is 0.305 e. The number of halogens is 2. The van der Waals surface area contributed by atoms with Crippen molar-refractivity contribution >= 4 is 33.2 Å². The second-order valence-corrected chi connectivity index (χ2v) is 7.23. The van der Waals surface area contributed by atoms with Gasteiger partial charge in [0.05, 0.1) is 11.7 Å². The summed E-state index contributed by atoms with van der Waals surface area (Å²) in [5.74, 6) is 0. The minimum Gasteiger partial charge on any atom is -0.305 e. The van der Waals surface area contributed by atoms with Crippen LogP contribution >= 0.6 is 27.5 Å². The van der Waals surface area contributed by atoms with Gasteiger partial charge in [-0.05, 0) is 47.5 Å². The van der Waals surface area contributed by atoms with E-state index in [0.717, 1.165) is 26.3 Å². The highest BCUT2D eigenvalue weighted by atomic mass is 79.9. The molecule has 0 bridgehead atoms. The van der Waals surface area contributed by atoms with Crippen LogP contribution in [0.25, 0.3) is 11.1 Å². The monoisotopic (exact) mass is 410 g/mol. The van der Waals surface area contributed by atoms with Crippen LogP contribution in [-0.4, -0.2) is 0 Å². The van der Waals surface area contributed by atoms with E-state index in [9.17, 15) is 0 Å². The molecule has 1 unspecified atom stereocenters. The van der Waals surface area contributed by atoms with Crippen LogP contribution in [0.15, 0.2) is 89.5 Å². The molecule has 1 atom stereocenters. The van der Waals surface area contributed by atoms with Gasteiger partial charge < -0.3 is 5.43 Å². The number of anilines is 1. The average Bonchev–Trinajstić information content (AvgIpc) is 3.12. The summed E-state index contributed by atoms with van der Waals surface area (Å²) in [5.41, 5.74) is 7.95. The zero-order chi connectivity index (χ0) is 17.2. The summed E-state index contributed by atoms with van der Waals surface area (Å²) in [6.45, 7) is 0. The van der Waals surface area contributed by atoms with E-state index in [2.05, 4.69) is 87.0 Å². The number of hydrogen-bond acceptors (Lipinski definition) is 2. The van der Waals surface area contributed by atoms with Crippen molar-refractivity contribution < 1.29 is 0 Å². The van der Waals surface area contributed by atoms with Gasteiger partial charge in [0.25, 0.3) is 0 Å². The van der Waals surface area contributed by atoms with Crippen molar-refractivity contribution in [1.29, 1.82) is 0 Å². The first-order valence-corrected chi connectivity index (χ1v) is 9.22. The average molecular weight is 412 g/mol. The molecule has 124 valence electrons. The Hall–Kier alpha value is -2.23. The SMILES string of the molecule is Clc1cccc(-c2ccccc2N2NC=CC2c2ccc(Br)cc2)c1. The van der Waals surface area contributed by atoms with Gasteiger partial charge >= 0.3 is 0 Å². The number of nitrogens with zero attached hydrogens (tertiary/aromatic N) is 1. The molecule has 3 aromatic rings. The number of rotatable bonds is 3. The Bertz CT molecular complexity index is 921. The van der Waals surface area contributed by atoms with E-state index in [1.807, 2.05) is 24.4 Å². The van der Waals surface area contributed by atoms with Crippen molar-refractivity contribution in [2.45, 2.75) is 6.04 Å². The van der Waals surface area contributed by atoms with E-state index in [0.29, 0.717) is 0 Å². The molecule has 1 aliphatic rings. The first-order chi connectivity index (χ1) is 12.2. The van der Waals surface area contributed by atoms with Crippen molar-refractivity contribution in [3.05, 3.63) is 100 Å². The molecule has 0 fully saturated rings. The lowest BCUT2D eigenvalue weighted by atomic mass is 10.0. The molecule has 4 heteroatoms. The van der Waals surface area contributed by atoms with Gasteiger partial charge in [0.2, 0.25) is 0 Å². The maximum Gasteiger partial charge on any atom is 0.0952 e. The lowest BCUT2D eigenvalue weighted by Gasteiger charge is -2.29. The highest BCUT2D eigenvalue weighted by molar-refractivity contribution is 9.10. The summed E-state index contributed by atoms with van der Waals surface area (Å²) in [6.07, 6.45) is 4.15. The van der Waals surface area contributed by atoms with Gasteiger partial charge in [-0.3, -0.25) is 5.01 Å². The van der Waals surface area contributed by atoms with E-state index < -0.39 is 0 Å². The zero-order valence-electron chi connectivity index (χ0n) is 13.4. The molecule has 0 aromatic heterocycles. The van der Waals surface area contributed by atoms with Crippen LogP contribution < -0.4 is 10.4 Å². The van der Waals surface area contributed by atoms with Crippen molar-refractivity contribution in [1.82, 2.24) is 5.43 Å². The molecule has 0 saturated heterocycles. The molecule has 0 aliphatic carbocycles. The summed E-state index contributed by atoms with van der Waals surface area (Å²) in [5, 5.41) is 2.92. The van der Waals surface area contributed by atoms with Gasteiger partial charge in [-0.1, -0.05) is 70.0 Å². The zero-order valence-corrected chi connectivity index (χ0v) is 15.7.